The highest BCUT2D eigenvalue weighted by Crippen LogP contribution is 2.20. The van der Waals surface area contributed by atoms with Gasteiger partial charge >= 0.3 is 6.61 Å². The average molecular weight is 292 g/mol. The van der Waals surface area contributed by atoms with Gasteiger partial charge in [0.1, 0.15) is 5.75 Å². The first-order valence-corrected chi connectivity index (χ1v) is 6.74. The number of hydrogen-bond acceptors (Lipinski definition) is 3. The van der Waals surface area contributed by atoms with Crippen molar-refractivity contribution < 1.29 is 13.5 Å². The molecule has 1 heterocycles. The Morgan fingerprint density at radius 1 is 1.24 bits per heavy atom. The Kier molecular flexibility index (Phi) is 5.22. The molecule has 2 aromatic rings. The van der Waals surface area contributed by atoms with Gasteiger partial charge in [-0.25, -0.2) is 0 Å². The molecule has 1 aromatic heterocycles. The zero-order valence-corrected chi connectivity index (χ0v) is 12.0. The largest absolute Gasteiger partial charge is 0.435 e. The Morgan fingerprint density at radius 2 is 2.05 bits per heavy atom. The Hall–Kier alpha value is -2.01. The molecule has 0 fully saturated rings. The van der Waals surface area contributed by atoms with Crippen LogP contribution in [0.25, 0.3) is 0 Å². The number of hydrogen-bond donors (Lipinski definition) is 1. The number of nitrogens with one attached hydrogen (secondary N) is 1. The lowest BCUT2D eigenvalue weighted by Crippen LogP contribution is -2.18. The summed E-state index contributed by atoms with van der Waals surface area (Å²) in [5.74, 6) is 0.174. The number of benzene rings is 1. The van der Waals surface area contributed by atoms with Gasteiger partial charge in [0.2, 0.25) is 0 Å². The lowest BCUT2D eigenvalue weighted by Gasteiger charge is -2.15. The van der Waals surface area contributed by atoms with Gasteiger partial charge in [0, 0.05) is 24.5 Å². The van der Waals surface area contributed by atoms with Crippen LogP contribution >= 0.6 is 0 Å². The van der Waals surface area contributed by atoms with Crippen LogP contribution in [0.4, 0.5) is 8.78 Å². The molecule has 112 valence electrons. The van der Waals surface area contributed by atoms with Gasteiger partial charge in [-0.3, -0.25) is 4.98 Å². The summed E-state index contributed by atoms with van der Waals surface area (Å²) in [5, 5.41) is 3.33. The molecule has 3 nitrogen and oxygen atoms in total. The monoisotopic (exact) mass is 292 g/mol. The summed E-state index contributed by atoms with van der Waals surface area (Å²) >= 11 is 0. The molecule has 0 aliphatic carbocycles. The Labute approximate surface area is 123 Å². The van der Waals surface area contributed by atoms with E-state index in [1.807, 2.05) is 38.2 Å². The molecule has 0 aliphatic rings. The SMILES string of the molecule is Cc1ccc(CNC(C)c2cccc(OC(F)F)c2)cn1. The summed E-state index contributed by atoms with van der Waals surface area (Å²) in [6.45, 7) is 1.77. The second kappa shape index (κ2) is 7.13. The first kappa shape index (κ1) is 15.4. The van der Waals surface area contributed by atoms with Crippen LogP contribution in [-0.2, 0) is 6.54 Å². The number of nitrogens with zero attached hydrogens (tertiary/aromatic N) is 1. The van der Waals surface area contributed by atoms with Crippen molar-refractivity contribution >= 4 is 0 Å². The fourth-order valence-corrected chi connectivity index (χ4v) is 1.95. The third-order valence-corrected chi connectivity index (χ3v) is 3.17. The van der Waals surface area contributed by atoms with Crippen LogP contribution in [-0.4, -0.2) is 11.6 Å². The highest BCUT2D eigenvalue weighted by Gasteiger charge is 2.09. The highest BCUT2D eigenvalue weighted by molar-refractivity contribution is 5.30. The summed E-state index contributed by atoms with van der Waals surface area (Å²) in [7, 11) is 0. The van der Waals surface area contributed by atoms with Crippen molar-refractivity contribution in [1.82, 2.24) is 10.3 Å². The van der Waals surface area contributed by atoms with Gasteiger partial charge < -0.3 is 10.1 Å². The van der Waals surface area contributed by atoms with Gasteiger partial charge in [0.05, 0.1) is 0 Å². The van der Waals surface area contributed by atoms with Crippen LogP contribution in [0.3, 0.4) is 0 Å². The van der Waals surface area contributed by atoms with Crippen molar-refractivity contribution in [2.24, 2.45) is 0 Å². The Morgan fingerprint density at radius 3 is 2.71 bits per heavy atom. The van der Waals surface area contributed by atoms with Crippen molar-refractivity contribution in [3.63, 3.8) is 0 Å². The van der Waals surface area contributed by atoms with Crippen LogP contribution in [0.1, 0.15) is 29.8 Å². The number of pyridine rings is 1. The molecule has 0 amide bonds. The average Bonchev–Trinajstić information content (AvgIpc) is 2.46. The number of rotatable bonds is 6. The van der Waals surface area contributed by atoms with E-state index in [2.05, 4.69) is 15.0 Å². The second-order valence-corrected chi connectivity index (χ2v) is 4.86. The maximum absolute atomic E-state index is 12.2. The summed E-state index contributed by atoms with van der Waals surface area (Å²) in [6, 6.07) is 10.7. The molecule has 1 atom stereocenters. The normalized spacial score (nSPS) is 12.4. The molecule has 0 saturated heterocycles. The van der Waals surface area contributed by atoms with Crippen LogP contribution in [0.15, 0.2) is 42.6 Å². The van der Waals surface area contributed by atoms with Crippen molar-refractivity contribution in [2.75, 3.05) is 0 Å². The maximum atomic E-state index is 12.2. The minimum atomic E-state index is -2.80. The molecule has 0 saturated carbocycles. The molecule has 0 spiro atoms. The molecule has 1 N–H and O–H groups in total. The molecule has 2 rings (SSSR count). The zero-order chi connectivity index (χ0) is 15.2. The third kappa shape index (κ3) is 4.79. The first-order chi connectivity index (χ1) is 10.0. The van der Waals surface area contributed by atoms with Crippen LogP contribution in [0.5, 0.6) is 5.75 Å². The fourth-order valence-electron chi connectivity index (χ4n) is 1.95. The lowest BCUT2D eigenvalue weighted by atomic mass is 10.1. The molecule has 0 bridgehead atoms. The highest BCUT2D eigenvalue weighted by atomic mass is 19.3. The summed E-state index contributed by atoms with van der Waals surface area (Å²) in [5.41, 5.74) is 2.95. The topological polar surface area (TPSA) is 34.1 Å². The standard InChI is InChI=1S/C16H18F2N2O/c1-11-6-7-13(9-19-11)10-20-12(2)14-4-3-5-15(8-14)21-16(17)18/h3-9,12,16,20H,10H2,1-2H3. The second-order valence-electron chi connectivity index (χ2n) is 4.86. The van der Waals surface area contributed by atoms with Crippen LogP contribution in [0, 0.1) is 6.92 Å². The van der Waals surface area contributed by atoms with E-state index < -0.39 is 6.61 Å². The van der Waals surface area contributed by atoms with Crippen LogP contribution < -0.4 is 10.1 Å². The van der Waals surface area contributed by atoms with E-state index in [1.165, 1.54) is 6.07 Å². The number of aryl methyl sites for hydroxylation is 1. The third-order valence-electron chi connectivity index (χ3n) is 3.17. The summed E-state index contributed by atoms with van der Waals surface area (Å²) in [6.07, 6.45) is 1.82. The fraction of sp³-hybridized carbons (Fsp3) is 0.312. The smallest absolute Gasteiger partial charge is 0.387 e. The molecule has 5 heteroatoms. The van der Waals surface area contributed by atoms with Crippen molar-refractivity contribution in [3.05, 3.63) is 59.4 Å². The van der Waals surface area contributed by atoms with E-state index in [4.69, 9.17) is 0 Å². The minimum absolute atomic E-state index is 0.0209. The van der Waals surface area contributed by atoms with E-state index >= 15 is 0 Å². The van der Waals surface area contributed by atoms with Gasteiger partial charge in [0.25, 0.3) is 0 Å². The molecule has 0 radical (unpaired) electrons. The van der Waals surface area contributed by atoms with Crippen molar-refractivity contribution in [2.45, 2.75) is 33.0 Å². The molecule has 1 unspecified atom stereocenters. The molecular weight excluding hydrogens is 274 g/mol. The molecule has 0 aliphatic heterocycles. The molecular formula is C16H18F2N2O. The number of halogens is 2. The van der Waals surface area contributed by atoms with Gasteiger partial charge in [-0.05, 0) is 43.2 Å². The predicted molar refractivity (Wildman–Crippen MR) is 77.3 cm³/mol. The minimum Gasteiger partial charge on any atom is -0.435 e. The Balaban J connectivity index is 1.96. The molecule has 21 heavy (non-hydrogen) atoms. The van der Waals surface area contributed by atoms with Crippen molar-refractivity contribution in [3.8, 4) is 5.75 Å². The van der Waals surface area contributed by atoms with E-state index in [9.17, 15) is 8.78 Å². The predicted octanol–water partition coefficient (Wildman–Crippen LogP) is 3.84. The number of aromatic nitrogens is 1. The van der Waals surface area contributed by atoms with Crippen LogP contribution in [0.2, 0.25) is 0 Å². The lowest BCUT2D eigenvalue weighted by molar-refractivity contribution is -0.0499. The zero-order valence-electron chi connectivity index (χ0n) is 12.0. The maximum Gasteiger partial charge on any atom is 0.387 e. The quantitative estimate of drug-likeness (QED) is 0.878. The van der Waals surface area contributed by atoms with Gasteiger partial charge in [-0.2, -0.15) is 8.78 Å². The van der Waals surface area contributed by atoms with Gasteiger partial charge in [-0.1, -0.05) is 18.2 Å². The number of alkyl halides is 2. The van der Waals surface area contributed by atoms with Gasteiger partial charge in [0.15, 0.2) is 0 Å². The van der Waals surface area contributed by atoms with E-state index in [1.54, 1.807) is 12.1 Å². The number of ether oxygens (including phenoxy) is 1. The van der Waals surface area contributed by atoms with E-state index in [-0.39, 0.29) is 11.8 Å². The van der Waals surface area contributed by atoms with E-state index in [0.717, 1.165) is 16.8 Å². The van der Waals surface area contributed by atoms with Gasteiger partial charge in [-0.15, -0.1) is 0 Å². The molecule has 1 aromatic carbocycles. The van der Waals surface area contributed by atoms with Crippen molar-refractivity contribution in [1.29, 1.82) is 0 Å². The summed E-state index contributed by atoms with van der Waals surface area (Å²) < 4.78 is 28.8. The summed E-state index contributed by atoms with van der Waals surface area (Å²) in [4.78, 5) is 4.23. The van der Waals surface area contributed by atoms with E-state index in [0.29, 0.717) is 6.54 Å². The Bertz CT molecular complexity index is 573. The first-order valence-electron chi connectivity index (χ1n) is 6.74.